The molecular weight excluding hydrogens is 272 g/mol. The van der Waals surface area contributed by atoms with Gasteiger partial charge in [-0.15, -0.1) is 12.4 Å². The maximum Gasteiger partial charge on any atom is 0.119 e. The van der Waals surface area contributed by atoms with Crippen molar-refractivity contribution in [1.29, 1.82) is 0 Å². The van der Waals surface area contributed by atoms with Crippen molar-refractivity contribution in [2.75, 3.05) is 18.6 Å². The highest BCUT2D eigenvalue weighted by Crippen LogP contribution is 2.36. The minimum absolute atomic E-state index is 0. The third-order valence-electron chi connectivity index (χ3n) is 3.64. The summed E-state index contributed by atoms with van der Waals surface area (Å²) < 4.78 is 5.28. The molecule has 3 rings (SSSR count). The van der Waals surface area contributed by atoms with Gasteiger partial charge in [-0.25, -0.2) is 0 Å². The topological polar surface area (TPSA) is 38.5 Å². The van der Waals surface area contributed by atoms with Gasteiger partial charge in [-0.1, -0.05) is 12.1 Å². The van der Waals surface area contributed by atoms with E-state index in [1.165, 1.54) is 22.5 Å². The van der Waals surface area contributed by atoms with Crippen LogP contribution in [-0.2, 0) is 13.0 Å². The molecule has 20 heavy (non-hydrogen) atoms. The Morgan fingerprint density at radius 3 is 2.80 bits per heavy atom. The van der Waals surface area contributed by atoms with Crippen LogP contribution in [-0.4, -0.2) is 13.7 Å². The zero-order valence-corrected chi connectivity index (χ0v) is 12.3. The highest BCUT2D eigenvalue weighted by atomic mass is 35.5. The van der Waals surface area contributed by atoms with Crippen LogP contribution in [0.1, 0.15) is 11.1 Å². The Balaban J connectivity index is 0.00000147. The van der Waals surface area contributed by atoms with Gasteiger partial charge in [0.15, 0.2) is 0 Å². The van der Waals surface area contributed by atoms with E-state index in [1.54, 1.807) is 7.11 Å². The van der Waals surface area contributed by atoms with Gasteiger partial charge in [-0.3, -0.25) is 0 Å². The van der Waals surface area contributed by atoms with Gasteiger partial charge >= 0.3 is 0 Å². The number of rotatable bonds is 3. The fraction of sp³-hybridized carbons (Fsp3) is 0.250. The summed E-state index contributed by atoms with van der Waals surface area (Å²) in [7, 11) is 1.71. The Bertz CT molecular complexity index is 601. The Kier molecular flexibility index (Phi) is 4.53. The molecule has 0 saturated heterocycles. The van der Waals surface area contributed by atoms with Crippen LogP contribution in [0.25, 0.3) is 0 Å². The summed E-state index contributed by atoms with van der Waals surface area (Å²) in [6.07, 6.45) is 1.05. The number of hydrogen-bond acceptors (Lipinski definition) is 3. The Morgan fingerprint density at radius 1 is 1.20 bits per heavy atom. The van der Waals surface area contributed by atoms with Crippen LogP contribution in [0.5, 0.6) is 5.75 Å². The van der Waals surface area contributed by atoms with Crippen molar-refractivity contribution in [3.63, 3.8) is 0 Å². The largest absolute Gasteiger partial charge is 0.497 e. The smallest absolute Gasteiger partial charge is 0.119 e. The zero-order chi connectivity index (χ0) is 13.2. The summed E-state index contributed by atoms with van der Waals surface area (Å²) in [5.41, 5.74) is 10.7. The maximum atomic E-state index is 5.71. The number of nitrogens with zero attached hydrogens (tertiary/aromatic N) is 1. The zero-order valence-electron chi connectivity index (χ0n) is 11.5. The molecule has 2 aromatic rings. The summed E-state index contributed by atoms with van der Waals surface area (Å²) in [5, 5.41) is 0. The molecule has 0 radical (unpaired) electrons. The third-order valence-corrected chi connectivity index (χ3v) is 3.64. The predicted molar refractivity (Wildman–Crippen MR) is 85.3 cm³/mol. The molecule has 0 spiro atoms. The third kappa shape index (κ3) is 2.60. The van der Waals surface area contributed by atoms with Gasteiger partial charge in [-0.05, 0) is 47.9 Å². The lowest BCUT2D eigenvalue weighted by Crippen LogP contribution is -2.13. The number of hydrogen-bond donors (Lipinski definition) is 1. The van der Waals surface area contributed by atoms with Crippen LogP contribution < -0.4 is 15.4 Å². The van der Waals surface area contributed by atoms with Crippen LogP contribution in [0.15, 0.2) is 42.5 Å². The normalized spacial score (nSPS) is 12.8. The summed E-state index contributed by atoms with van der Waals surface area (Å²) in [5.74, 6) is 0.927. The van der Waals surface area contributed by atoms with Crippen molar-refractivity contribution in [3.8, 4) is 5.75 Å². The van der Waals surface area contributed by atoms with E-state index in [-0.39, 0.29) is 12.4 Å². The lowest BCUT2D eigenvalue weighted by atomic mass is 10.1. The molecule has 0 bridgehead atoms. The van der Waals surface area contributed by atoms with E-state index < -0.39 is 0 Å². The van der Waals surface area contributed by atoms with E-state index in [2.05, 4.69) is 41.3 Å². The molecule has 0 aromatic heterocycles. The molecule has 0 fully saturated rings. The van der Waals surface area contributed by atoms with Crippen LogP contribution in [0.4, 0.5) is 11.4 Å². The van der Waals surface area contributed by atoms with Crippen LogP contribution in [0.3, 0.4) is 0 Å². The van der Waals surface area contributed by atoms with E-state index in [0.717, 1.165) is 18.7 Å². The first-order chi connectivity index (χ1) is 9.31. The summed E-state index contributed by atoms with van der Waals surface area (Å²) >= 11 is 0. The predicted octanol–water partition coefficient (Wildman–Crippen LogP) is 3.27. The second kappa shape index (κ2) is 6.16. The average molecular weight is 291 g/mol. The van der Waals surface area contributed by atoms with Gasteiger partial charge in [0, 0.05) is 24.5 Å². The molecule has 0 atom stereocenters. The second-order valence-electron chi connectivity index (χ2n) is 4.77. The van der Waals surface area contributed by atoms with E-state index in [4.69, 9.17) is 10.5 Å². The lowest BCUT2D eigenvalue weighted by molar-refractivity contribution is 0.414. The Hall–Kier alpha value is -1.71. The van der Waals surface area contributed by atoms with Crippen molar-refractivity contribution >= 4 is 23.8 Å². The molecule has 1 heterocycles. The van der Waals surface area contributed by atoms with E-state index >= 15 is 0 Å². The number of benzene rings is 2. The minimum atomic E-state index is 0. The molecule has 2 N–H and O–H groups in total. The van der Waals surface area contributed by atoms with Crippen molar-refractivity contribution in [2.24, 2.45) is 5.73 Å². The van der Waals surface area contributed by atoms with Gasteiger partial charge in [0.1, 0.15) is 5.75 Å². The Morgan fingerprint density at radius 2 is 2.05 bits per heavy atom. The fourth-order valence-corrected chi connectivity index (χ4v) is 2.62. The molecule has 3 nitrogen and oxygen atoms in total. The first-order valence-electron chi connectivity index (χ1n) is 6.55. The quantitative estimate of drug-likeness (QED) is 0.943. The summed E-state index contributed by atoms with van der Waals surface area (Å²) in [4.78, 5) is 2.34. The first-order valence-corrected chi connectivity index (χ1v) is 6.55. The summed E-state index contributed by atoms with van der Waals surface area (Å²) in [6, 6.07) is 14.7. The Labute approximate surface area is 125 Å². The number of anilines is 2. The minimum Gasteiger partial charge on any atom is -0.497 e. The van der Waals surface area contributed by atoms with Crippen molar-refractivity contribution in [2.45, 2.75) is 13.0 Å². The monoisotopic (exact) mass is 290 g/mol. The van der Waals surface area contributed by atoms with Gasteiger partial charge in [0.25, 0.3) is 0 Å². The highest BCUT2D eigenvalue weighted by molar-refractivity contribution is 5.85. The number of methoxy groups -OCH3 is 1. The molecule has 106 valence electrons. The van der Waals surface area contributed by atoms with Gasteiger partial charge in [-0.2, -0.15) is 0 Å². The van der Waals surface area contributed by atoms with Crippen molar-refractivity contribution in [3.05, 3.63) is 53.6 Å². The molecule has 1 aliphatic heterocycles. The lowest BCUT2D eigenvalue weighted by Gasteiger charge is -2.20. The standard InChI is InChI=1S/C16H18N2O.ClH/c1-19-15-5-6-16-13(10-15)7-8-18(16)14-4-2-3-12(9-14)11-17;/h2-6,9-10H,7-8,11,17H2,1H3;1H. The average Bonchev–Trinajstić information content (AvgIpc) is 2.90. The fourth-order valence-electron chi connectivity index (χ4n) is 2.62. The van der Waals surface area contributed by atoms with Crippen LogP contribution >= 0.6 is 12.4 Å². The molecule has 0 unspecified atom stereocenters. The van der Waals surface area contributed by atoms with Gasteiger partial charge < -0.3 is 15.4 Å². The molecule has 0 amide bonds. The van der Waals surface area contributed by atoms with E-state index in [0.29, 0.717) is 6.54 Å². The SMILES string of the molecule is COc1ccc2c(c1)CCN2c1cccc(CN)c1.Cl. The molecule has 0 aliphatic carbocycles. The highest BCUT2D eigenvalue weighted by Gasteiger charge is 2.20. The number of nitrogens with two attached hydrogens (primary N) is 1. The van der Waals surface area contributed by atoms with Gasteiger partial charge in [0.2, 0.25) is 0 Å². The van der Waals surface area contributed by atoms with Crippen molar-refractivity contribution < 1.29 is 4.74 Å². The molecule has 0 saturated carbocycles. The number of ether oxygens (including phenoxy) is 1. The van der Waals surface area contributed by atoms with Crippen LogP contribution in [0.2, 0.25) is 0 Å². The number of halogens is 1. The van der Waals surface area contributed by atoms with Crippen molar-refractivity contribution in [1.82, 2.24) is 0 Å². The number of fused-ring (bicyclic) bond motifs is 1. The first kappa shape index (κ1) is 14.7. The van der Waals surface area contributed by atoms with E-state index in [1.807, 2.05) is 6.07 Å². The molecule has 2 aromatic carbocycles. The van der Waals surface area contributed by atoms with E-state index in [9.17, 15) is 0 Å². The maximum absolute atomic E-state index is 5.71. The summed E-state index contributed by atoms with van der Waals surface area (Å²) in [6.45, 7) is 1.59. The van der Waals surface area contributed by atoms with Crippen LogP contribution in [0, 0.1) is 0 Å². The molecule has 1 aliphatic rings. The molecular formula is C16H19ClN2O. The second-order valence-corrected chi connectivity index (χ2v) is 4.77. The molecule has 4 heteroatoms. The van der Waals surface area contributed by atoms with Gasteiger partial charge in [0.05, 0.1) is 7.11 Å².